The molecule has 8 heteroatoms. The molecule has 1 aliphatic heterocycles. The van der Waals surface area contributed by atoms with Gasteiger partial charge in [0.1, 0.15) is 19.0 Å². The van der Waals surface area contributed by atoms with Crippen LogP contribution in [0.4, 0.5) is 4.79 Å². The monoisotopic (exact) mass is 523 g/mol. The van der Waals surface area contributed by atoms with Crippen molar-refractivity contribution < 1.29 is 23.8 Å². The van der Waals surface area contributed by atoms with E-state index in [2.05, 4.69) is 0 Å². The number of hydrogen-bond donors (Lipinski definition) is 0. The van der Waals surface area contributed by atoms with Crippen molar-refractivity contribution in [1.82, 2.24) is 4.90 Å². The van der Waals surface area contributed by atoms with E-state index in [0.29, 0.717) is 39.3 Å². The molecular weight excluding hydrogens is 498 g/mol. The van der Waals surface area contributed by atoms with Crippen molar-refractivity contribution in [3.63, 3.8) is 0 Å². The van der Waals surface area contributed by atoms with Crippen molar-refractivity contribution in [3.05, 3.63) is 92.8 Å². The van der Waals surface area contributed by atoms with Gasteiger partial charge in [-0.05, 0) is 67.1 Å². The lowest BCUT2D eigenvalue weighted by Gasteiger charge is -2.14. The number of nitrogens with zero attached hydrogens (tertiary/aromatic N) is 1. The fraction of sp³-hybridized carbons (Fsp3) is 0.214. The van der Waals surface area contributed by atoms with Crippen molar-refractivity contribution in [3.8, 4) is 17.2 Å². The number of benzene rings is 3. The van der Waals surface area contributed by atoms with E-state index in [4.69, 9.17) is 25.8 Å². The third kappa shape index (κ3) is 6.22. The van der Waals surface area contributed by atoms with Crippen molar-refractivity contribution in [1.29, 1.82) is 0 Å². The van der Waals surface area contributed by atoms with Gasteiger partial charge >= 0.3 is 0 Å². The van der Waals surface area contributed by atoms with Gasteiger partial charge in [-0.15, -0.1) is 0 Å². The van der Waals surface area contributed by atoms with Gasteiger partial charge in [0.05, 0.1) is 23.6 Å². The lowest BCUT2D eigenvalue weighted by atomic mass is 10.1. The Morgan fingerprint density at radius 2 is 1.75 bits per heavy atom. The van der Waals surface area contributed by atoms with Gasteiger partial charge < -0.3 is 14.2 Å². The molecule has 2 amide bonds. The Hall–Kier alpha value is -3.42. The van der Waals surface area contributed by atoms with E-state index in [1.165, 1.54) is 12.0 Å². The molecule has 6 nitrogen and oxygen atoms in total. The number of rotatable bonds is 9. The first kappa shape index (κ1) is 25.7. The summed E-state index contributed by atoms with van der Waals surface area (Å²) in [6.45, 7) is 4.71. The number of aryl methyl sites for hydroxylation is 2. The van der Waals surface area contributed by atoms with Crippen LogP contribution in [0.1, 0.15) is 22.3 Å². The molecule has 36 heavy (non-hydrogen) atoms. The average molecular weight is 524 g/mol. The molecule has 186 valence electrons. The molecule has 3 aromatic rings. The number of ether oxygens (including phenoxy) is 3. The fourth-order valence-corrected chi connectivity index (χ4v) is 4.79. The number of thioether (sulfide) groups is 1. The molecule has 1 saturated heterocycles. The van der Waals surface area contributed by atoms with Crippen LogP contribution in [0.25, 0.3) is 6.08 Å². The van der Waals surface area contributed by atoms with Gasteiger partial charge in [0.25, 0.3) is 11.1 Å². The van der Waals surface area contributed by atoms with Gasteiger partial charge in [0.2, 0.25) is 0 Å². The zero-order valence-corrected chi connectivity index (χ0v) is 21.8. The zero-order chi connectivity index (χ0) is 25.7. The third-order valence-electron chi connectivity index (χ3n) is 5.49. The summed E-state index contributed by atoms with van der Waals surface area (Å²) in [4.78, 5) is 26.8. The van der Waals surface area contributed by atoms with Crippen LogP contribution < -0.4 is 14.2 Å². The molecule has 3 aromatic carbocycles. The van der Waals surface area contributed by atoms with Crippen LogP contribution in [0.3, 0.4) is 0 Å². The standard InChI is InChI=1S/C28H26ClNO5S/c1-18-7-9-22(10-8-18)34-12-11-30-27(31)25(36-28(30)32)16-21-14-23(29)26(24(15-21)33-3)35-17-20-6-4-5-19(2)13-20/h4-10,13-16H,11-12,17H2,1-3H3/b25-16-. The summed E-state index contributed by atoms with van der Waals surface area (Å²) >= 11 is 7.39. The SMILES string of the molecule is COc1cc(/C=C2\SC(=O)N(CCOc3ccc(C)cc3)C2=O)cc(Cl)c1OCc1cccc(C)c1. The van der Waals surface area contributed by atoms with E-state index in [0.717, 1.165) is 28.5 Å². The van der Waals surface area contributed by atoms with Gasteiger partial charge in [-0.1, -0.05) is 59.1 Å². The molecule has 0 aliphatic carbocycles. The first-order valence-corrected chi connectivity index (χ1v) is 12.5. The minimum absolute atomic E-state index is 0.158. The van der Waals surface area contributed by atoms with E-state index in [9.17, 15) is 9.59 Å². The molecule has 0 saturated carbocycles. The molecule has 0 atom stereocenters. The van der Waals surface area contributed by atoms with Crippen LogP contribution in [0, 0.1) is 13.8 Å². The zero-order valence-electron chi connectivity index (χ0n) is 20.2. The predicted octanol–water partition coefficient (Wildman–Crippen LogP) is 6.66. The van der Waals surface area contributed by atoms with Crippen LogP contribution in [0.15, 0.2) is 65.6 Å². The number of amides is 2. The molecule has 0 aromatic heterocycles. The first-order chi connectivity index (χ1) is 17.3. The number of methoxy groups -OCH3 is 1. The Morgan fingerprint density at radius 3 is 2.47 bits per heavy atom. The third-order valence-corrected chi connectivity index (χ3v) is 6.68. The summed E-state index contributed by atoms with van der Waals surface area (Å²) < 4.78 is 17.1. The summed E-state index contributed by atoms with van der Waals surface area (Å²) in [6.07, 6.45) is 1.63. The molecule has 0 spiro atoms. The Balaban J connectivity index is 1.43. The van der Waals surface area contributed by atoms with Crippen LogP contribution in [-0.2, 0) is 11.4 Å². The van der Waals surface area contributed by atoms with Crippen LogP contribution in [-0.4, -0.2) is 36.3 Å². The lowest BCUT2D eigenvalue weighted by molar-refractivity contribution is -0.123. The second-order valence-corrected chi connectivity index (χ2v) is 9.71. The fourth-order valence-electron chi connectivity index (χ4n) is 3.65. The molecule has 0 radical (unpaired) electrons. The molecule has 4 rings (SSSR count). The average Bonchev–Trinajstić information content (AvgIpc) is 3.11. The maximum Gasteiger partial charge on any atom is 0.293 e. The highest BCUT2D eigenvalue weighted by Crippen LogP contribution is 2.39. The van der Waals surface area contributed by atoms with E-state index in [-0.39, 0.29) is 24.3 Å². The molecule has 1 aliphatic rings. The predicted molar refractivity (Wildman–Crippen MR) is 143 cm³/mol. The van der Waals surface area contributed by atoms with Gasteiger partial charge in [-0.25, -0.2) is 0 Å². The Morgan fingerprint density at radius 1 is 0.972 bits per heavy atom. The van der Waals surface area contributed by atoms with E-state index < -0.39 is 0 Å². The number of imide groups is 1. The Labute approximate surface area is 219 Å². The van der Waals surface area contributed by atoms with Gasteiger partial charge in [-0.2, -0.15) is 0 Å². The minimum Gasteiger partial charge on any atom is -0.493 e. The summed E-state index contributed by atoms with van der Waals surface area (Å²) in [7, 11) is 1.52. The highest BCUT2D eigenvalue weighted by atomic mass is 35.5. The second-order valence-electron chi connectivity index (χ2n) is 8.31. The number of carbonyl (C=O) groups excluding carboxylic acids is 2. The first-order valence-electron chi connectivity index (χ1n) is 11.3. The van der Waals surface area contributed by atoms with Crippen LogP contribution >= 0.6 is 23.4 Å². The molecule has 0 unspecified atom stereocenters. The maximum atomic E-state index is 12.9. The molecule has 1 fully saturated rings. The summed E-state index contributed by atoms with van der Waals surface area (Å²) in [5.74, 6) is 1.17. The second kappa shape index (κ2) is 11.5. The van der Waals surface area contributed by atoms with Gasteiger partial charge in [0.15, 0.2) is 11.5 Å². The van der Waals surface area contributed by atoms with Crippen LogP contribution in [0.2, 0.25) is 5.02 Å². The summed E-state index contributed by atoms with van der Waals surface area (Å²) in [5, 5.41) is 0.00825. The Bertz CT molecular complexity index is 1310. The van der Waals surface area contributed by atoms with Crippen LogP contribution in [0.5, 0.6) is 17.2 Å². The number of carbonyl (C=O) groups is 2. The highest BCUT2D eigenvalue weighted by Gasteiger charge is 2.35. The number of halogens is 1. The van der Waals surface area contributed by atoms with Crippen molar-refractivity contribution in [2.75, 3.05) is 20.3 Å². The smallest absolute Gasteiger partial charge is 0.293 e. The Kier molecular flexibility index (Phi) is 8.23. The van der Waals surface area contributed by atoms with Gasteiger partial charge in [-0.3, -0.25) is 14.5 Å². The molecule has 0 bridgehead atoms. The minimum atomic E-state index is -0.368. The molecule has 1 heterocycles. The normalized spacial score (nSPS) is 14.4. The molecular formula is C28H26ClNO5S. The summed E-state index contributed by atoms with van der Waals surface area (Å²) in [5.41, 5.74) is 3.90. The van der Waals surface area contributed by atoms with E-state index in [1.807, 2.05) is 62.4 Å². The highest BCUT2D eigenvalue weighted by molar-refractivity contribution is 8.18. The van der Waals surface area contributed by atoms with Gasteiger partial charge in [0, 0.05) is 0 Å². The van der Waals surface area contributed by atoms with Crippen molar-refractivity contribution >= 4 is 40.6 Å². The largest absolute Gasteiger partial charge is 0.493 e. The lowest BCUT2D eigenvalue weighted by Crippen LogP contribution is -2.32. The summed E-state index contributed by atoms with van der Waals surface area (Å²) in [6, 6.07) is 19.0. The maximum absolute atomic E-state index is 12.9. The topological polar surface area (TPSA) is 65.1 Å². The van der Waals surface area contributed by atoms with Crippen molar-refractivity contribution in [2.24, 2.45) is 0 Å². The quantitative estimate of drug-likeness (QED) is 0.292. The van der Waals surface area contributed by atoms with E-state index >= 15 is 0 Å². The molecule has 0 N–H and O–H groups in total. The van der Waals surface area contributed by atoms with Crippen molar-refractivity contribution in [2.45, 2.75) is 20.5 Å². The van der Waals surface area contributed by atoms with E-state index in [1.54, 1.807) is 18.2 Å². The number of hydrogen-bond acceptors (Lipinski definition) is 6.